The van der Waals surface area contributed by atoms with Gasteiger partial charge in [-0.2, -0.15) is 5.10 Å². The van der Waals surface area contributed by atoms with Gasteiger partial charge in [-0.3, -0.25) is 0 Å². The van der Waals surface area contributed by atoms with Crippen molar-refractivity contribution < 1.29 is 4.79 Å². The average molecular weight is 285 g/mol. The fourth-order valence-electron chi connectivity index (χ4n) is 2.60. The number of nitrogens with one attached hydrogen (secondary N) is 2. The number of carbonyl (C=O) groups excluding carboxylic acids is 1. The summed E-state index contributed by atoms with van der Waals surface area (Å²) in [5, 5.41) is 9.98. The van der Waals surface area contributed by atoms with Crippen LogP contribution in [0.1, 0.15) is 31.2 Å². The zero-order chi connectivity index (χ0) is 14.5. The van der Waals surface area contributed by atoms with Gasteiger partial charge in [0.25, 0.3) is 0 Å². The topological polar surface area (TPSA) is 71.8 Å². The van der Waals surface area contributed by atoms with E-state index < -0.39 is 0 Å². The monoisotopic (exact) mass is 285 g/mol. The van der Waals surface area contributed by atoms with E-state index in [1.54, 1.807) is 11.0 Å². The van der Waals surface area contributed by atoms with E-state index in [0.717, 1.165) is 24.1 Å². The molecule has 6 heteroatoms. The molecular weight excluding hydrogens is 266 g/mol. The minimum atomic E-state index is -0.0812. The average Bonchev–Trinajstić information content (AvgIpc) is 3.19. The summed E-state index contributed by atoms with van der Waals surface area (Å²) >= 11 is 0. The molecule has 2 N–H and O–H groups in total. The molecule has 2 aromatic rings. The van der Waals surface area contributed by atoms with Crippen LogP contribution < -0.4 is 10.6 Å². The summed E-state index contributed by atoms with van der Waals surface area (Å²) in [7, 11) is 0. The minimum absolute atomic E-state index is 0.0812. The summed E-state index contributed by atoms with van der Waals surface area (Å²) in [4.78, 5) is 15.7. The van der Waals surface area contributed by atoms with Crippen molar-refractivity contribution in [1.29, 1.82) is 0 Å². The Hall–Kier alpha value is -2.37. The molecule has 1 heterocycles. The molecule has 0 atom stereocenters. The lowest BCUT2D eigenvalue weighted by molar-refractivity contribution is 0.236. The van der Waals surface area contributed by atoms with Gasteiger partial charge in [0, 0.05) is 12.6 Å². The van der Waals surface area contributed by atoms with Gasteiger partial charge >= 0.3 is 6.03 Å². The van der Waals surface area contributed by atoms with E-state index in [-0.39, 0.29) is 6.03 Å². The van der Waals surface area contributed by atoms with Crippen molar-refractivity contribution in [2.24, 2.45) is 0 Å². The molecular formula is C15H19N5O. The summed E-state index contributed by atoms with van der Waals surface area (Å²) in [6.07, 6.45) is 7.79. The molecule has 3 rings (SSSR count). The smallest absolute Gasteiger partial charge is 0.315 e. The Balaban J connectivity index is 1.50. The van der Waals surface area contributed by atoms with Crippen LogP contribution in [0.15, 0.2) is 36.9 Å². The van der Waals surface area contributed by atoms with E-state index >= 15 is 0 Å². The number of benzene rings is 1. The second kappa shape index (κ2) is 6.39. The Bertz CT molecular complexity index is 573. The van der Waals surface area contributed by atoms with Gasteiger partial charge in [-0.25, -0.2) is 14.5 Å². The third kappa shape index (κ3) is 3.59. The molecule has 2 amide bonds. The van der Waals surface area contributed by atoms with Gasteiger partial charge in [-0.05, 0) is 30.5 Å². The normalized spacial score (nSPS) is 15.0. The highest BCUT2D eigenvalue weighted by molar-refractivity contribution is 5.74. The van der Waals surface area contributed by atoms with E-state index in [1.807, 2.05) is 24.3 Å². The van der Waals surface area contributed by atoms with Crippen molar-refractivity contribution >= 4 is 6.03 Å². The molecule has 0 bridgehead atoms. The maximum Gasteiger partial charge on any atom is 0.315 e. The number of hydrogen-bond acceptors (Lipinski definition) is 3. The summed E-state index contributed by atoms with van der Waals surface area (Å²) < 4.78 is 1.70. The zero-order valence-corrected chi connectivity index (χ0v) is 11.8. The second-order valence-electron chi connectivity index (χ2n) is 5.31. The standard InChI is InChI=1S/C15H19N5O/c21-15(19-13-3-1-2-4-13)17-9-12-5-7-14(8-6-12)20-11-16-10-18-20/h5-8,10-11,13H,1-4,9H2,(H2,17,19,21). The minimum Gasteiger partial charge on any atom is -0.335 e. The molecule has 1 aromatic heterocycles. The molecule has 0 unspecified atom stereocenters. The van der Waals surface area contributed by atoms with Crippen molar-refractivity contribution in [2.45, 2.75) is 38.3 Å². The van der Waals surface area contributed by atoms with Crippen LogP contribution in [0.2, 0.25) is 0 Å². The molecule has 1 aliphatic carbocycles. The van der Waals surface area contributed by atoms with E-state index in [1.165, 1.54) is 19.2 Å². The predicted octanol–water partition coefficient (Wildman–Crippen LogP) is 2.01. The second-order valence-corrected chi connectivity index (χ2v) is 5.31. The number of hydrogen-bond donors (Lipinski definition) is 2. The van der Waals surface area contributed by atoms with Gasteiger partial charge < -0.3 is 10.6 Å². The van der Waals surface area contributed by atoms with Gasteiger partial charge in [-0.1, -0.05) is 25.0 Å². The van der Waals surface area contributed by atoms with Gasteiger partial charge in [0.1, 0.15) is 12.7 Å². The van der Waals surface area contributed by atoms with Crippen LogP contribution in [0.25, 0.3) is 5.69 Å². The molecule has 1 aliphatic rings. The van der Waals surface area contributed by atoms with Crippen LogP contribution in [0.5, 0.6) is 0 Å². The SMILES string of the molecule is O=C(NCc1ccc(-n2cncn2)cc1)NC1CCCC1. The Morgan fingerprint density at radius 2 is 2.00 bits per heavy atom. The summed E-state index contributed by atoms with van der Waals surface area (Å²) in [6, 6.07) is 8.14. The molecule has 0 saturated heterocycles. The molecule has 6 nitrogen and oxygen atoms in total. The number of urea groups is 1. The third-order valence-electron chi connectivity index (χ3n) is 3.76. The molecule has 0 aliphatic heterocycles. The van der Waals surface area contributed by atoms with Crippen LogP contribution in [0.3, 0.4) is 0 Å². The van der Waals surface area contributed by atoms with Crippen molar-refractivity contribution in [3.8, 4) is 5.69 Å². The maximum atomic E-state index is 11.8. The summed E-state index contributed by atoms with van der Waals surface area (Å²) in [6.45, 7) is 0.524. The van der Waals surface area contributed by atoms with Crippen LogP contribution in [0.4, 0.5) is 4.79 Å². The summed E-state index contributed by atoms with van der Waals surface area (Å²) in [5.41, 5.74) is 2.01. The Morgan fingerprint density at radius 3 is 2.67 bits per heavy atom. The van der Waals surface area contributed by atoms with Crippen LogP contribution >= 0.6 is 0 Å². The zero-order valence-electron chi connectivity index (χ0n) is 11.8. The molecule has 1 saturated carbocycles. The van der Waals surface area contributed by atoms with E-state index in [9.17, 15) is 4.79 Å². The Morgan fingerprint density at radius 1 is 1.24 bits per heavy atom. The molecule has 0 radical (unpaired) electrons. The van der Waals surface area contributed by atoms with Gasteiger partial charge in [-0.15, -0.1) is 0 Å². The van der Waals surface area contributed by atoms with Crippen LogP contribution in [-0.2, 0) is 6.54 Å². The van der Waals surface area contributed by atoms with Gasteiger partial charge in [0.15, 0.2) is 0 Å². The highest BCUT2D eigenvalue weighted by atomic mass is 16.2. The van der Waals surface area contributed by atoms with Crippen LogP contribution in [-0.4, -0.2) is 26.8 Å². The fraction of sp³-hybridized carbons (Fsp3) is 0.400. The quantitative estimate of drug-likeness (QED) is 0.902. The Labute approximate surface area is 123 Å². The largest absolute Gasteiger partial charge is 0.335 e. The molecule has 0 spiro atoms. The number of nitrogens with zero attached hydrogens (tertiary/aromatic N) is 3. The number of rotatable bonds is 4. The first-order valence-corrected chi connectivity index (χ1v) is 7.29. The van der Waals surface area contributed by atoms with E-state index in [0.29, 0.717) is 12.6 Å². The molecule has 1 aromatic carbocycles. The van der Waals surface area contributed by atoms with Crippen molar-refractivity contribution in [1.82, 2.24) is 25.4 Å². The lowest BCUT2D eigenvalue weighted by atomic mass is 10.2. The highest BCUT2D eigenvalue weighted by Gasteiger charge is 2.16. The van der Waals surface area contributed by atoms with Crippen molar-refractivity contribution in [3.63, 3.8) is 0 Å². The summed E-state index contributed by atoms with van der Waals surface area (Å²) in [5.74, 6) is 0. The maximum absolute atomic E-state index is 11.8. The van der Waals surface area contributed by atoms with Crippen molar-refractivity contribution in [3.05, 3.63) is 42.5 Å². The fourth-order valence-corrected chi connectivity index (χ4v) is 2.60. The van der Waals surface area contributed by atoms with Gasteiger partial charge in [0.2, 0.25) is 0 Å². The Kier molecular flexibility index (Phi) is 4.14. The molecule has 1 fully saturated rings. The van der Waals surface area contributed by atoms with E-state index in [4.69, 9.17) is 0 Å². The van der Waals surface area contributed by atoms with Crippen LogP contribution in [0, 0.1) is 0 Å². The predicted molar refractivity (Wildman–Crippen MR) is 79.0 cm³/mol. The number of carbonyl (C=O) groups is 1. The number of aromatic nitrogens is 3. The third-order valence-corrected chi connectivity index (χ3v) is 3.76. The molecule has 110 valence electrons. The van der Waals surface area contributed by atoms with E-state index in [2.05, 4.69) is 20.7 Å². The first-order chi connectivity index (χ1) is 10.3. The lowest BCUT2D eigenvalue weighted by Gasteiger charge is -2.13. The number of amides is 2. The van der Waals surface area contributed by atoms with Gasteiger partial charge in [0.05, 0.1) is 5.69 Å². The molecule has 21 heavy (non-hydrogen) atoms. The first kappa shape index (κ1) is 13.6. The lowest BCUT2D eigenvalue weighted by Crippen LogP contribution is -2.40. The van der Waals surface area contributed by atoms with Crippen molar-refractivity contribution in [2.75, 3.05) is 0 Å². The first-order valence-electron chi connectivity index (χ1n) is 7.29. The highest BCUT2D eigenvalue weighted by Crippen LogP contribution is 2.17.